The zero-order chi connectivity index (χ0) is 16.8. The van der Waals surface area contributed by atoms with Crippen molar-refractivity contribution in [3.63, 3.8) is 0 Å². The first-order valence-corrected chi connectivity index (χ1v) is 7.59. The lowest BCUT2D eigenvalue weighted by atomic mass is 10.1. The molecule has 5 nitrogen and oxygen atoms in total. The number of hydrogen-bond donors (Lipinski definition) is 0. The van der Waals surface area contributed by atoms with Crippen LogP contribution in [0, 0.1) is 0 Å². The molecule has 6 heteroatoms. The van der Waals surface area contributed by atoms with Gasteiger partial charge in [0.05, 0.1) is 18.7 Å². The summed E-state index contributed by atoms with van der Waals surface area (Å²) in [5.41, 5.74) is 2.05. The van der Waals surface area contributed by atoms with Crippen LogP contribution in [0.1, 0.15) is 28.5 Å². The highest BCUT2D eigenvalue weighted by Crippen LogP contribution is 2.22. The highest BCUT2D eigenvalue weighted by Gasteiger charge is 2.12. The van der Waals surface area contributed by atoms with E-state index in [0.29, 0.717) is 18.2 Å². The van der Waals surface area contributed by atoms with Gasteiger partial charge in [0, 0.05) is 25.4 Å². The molecule has 0 aliphatic carbocycles. The van der Waals surface area contributed by atoms with Gasteiger partial charge in [0.2, 0.25) is 5.78 Å². The van der Waals surface area contributed by atoms with E-state index in [4.69, 9.17) is 21.1 Å². The number of carbonyl (C=O) groups is 1. The average Bonchev–Trinajstić information content (AvgIpc) is 2.89. The molecule has 0 radical (unpaired) electrons. The number of hydrogen-bond acceptors (Lipinski definition) is 4. The number of allylic oxidation sites excluding steroid dienone is 1. The van der Waals surface area contributed by atoms with E-state index in [9.17, 15) is 4.79 Å². The second-order valence-electron chi connectivity index (χ2n) is 4.91. The predicted molar refractivity (Wildman–Crippen MR) is 89.9 cm³/mol. The molecule has 0 unspecified atom stereocenters. The van der Waals surface area contributed by atoms with Crippen molar-refractivity contribution < 1.29 is 14.3 Å². The first kappa shape index (κ1) is 17.2. The number of aromatic nitrogens is 2. The Bertz CT molecular complexity index is 723. The largest absolute Gasteiger partial charge is 0.496 e. The summed E-state index contributed by atoms with van der Waals surface area (Å²) in [6.45, 7) is 3.02. The maximum atomic E-state index is 12.1. The van der Waals surface area contributed by atoms with Crippen molar-refractivity contribution in [3.05, 3.63) is 52.3 Å². The summed E-state index contributed by atoms with van der Waals surface area (Å²) in [7, 11) is 3.34. The minimum Gasteiger partial charge on any atom is -0.496 e. The van der Waals surface area contributed by atoms with Crippen LogP contribution in [0.15, 0.2) is 30.5 Å². The van der Waals surface area contributed by atoms with Crippen LogP contribution < -0.4 is 4.74 Å². The lowest BCUT2D eigenvalue weighted by Crippen LogP contribution is -1.99. The van der Waals surface area contributed by atoms with Crippen molar-refractivity contribution in [3.8, 4) is 5.75 Å². The lowest BCUT2D eigenvalue weighted by Gasteiger charge is -2.09. The van der Waals surface area contributed by atoms with Crippen LogP contribution in [0.3, 0.4) is 0 Å². The van der Waals surface area contributed by atoms with E-state index in [1.165, 1.54) is 10.8 Å². The minimum absolute atomic E-state index is 0.238. The zero-order valence-corrected chi connectivity index (χ0v) is 14.1. The Balaban J connectivity index is 2.18. The number of ether oxygens (including phenoxy) is 2. The monoisotopic (exact) mass is 334 g/mol. The van der Waals surface area contributed by atoms with Crippen LogP contribution in [-0.4, -0.2) is 29.3 Å². The predicted octanol–water partition coefficient (Wildman–Crippen LogP) is 3.51. The third-order valence-corrected chi connectivity index (χ3v) is 3.49. The highest BCUT2D eigenvalue weighted by atomic mass is 35.5. The summed E-state index contributed by atoms with van der Waals surface area (Å²) in [5, 5.41) is 4.39. The first-order chi connectivity index (χ1) is 11.0. The van der Waals surface area contributed by atoms with Crippen LogP contribution >= 0.6 is 11.6 Å². The minimum atomic E-state index is -0.238. The van der Waals surface area contributed by atoms with Gasteiger partial charge in [0.1, 0.15) is 5.75 Å². The Hall–Kier alpha value is -2.11. The smallest absolute Gasteiger partial charge is 0.207 e. The Morgan fingerprint density at radius 1 is 1.43 bits per heavy atom. The number of rotatable bonds is 7. The molecule has 0 aliphatic heterocycles. The molecule has 0 saturated carbocycles. The summed E-state index contributed by atoms with van der Waals surface area (Å²) >= 11 is 5.97. The van der Waals surface area contributed by atoms with Gasteiger partial charge in [-0.1, -0.05) is 23.7 Å². The van der Waals surface area contributed by atoms with Gasteiger partial charge in [-0.25, -0.2) is 0 Å². The van der Waals surface area contributed by atoms with Gasteiger partial charge < -0.3 is 9.47 Å². The normalized spacial score (nSPS) is 11.1. The molecule has 122 valence electrons. The van der Waals surface area contributed by atoms with Crippen molar-refractivity contribution in [2.24, 2.45) is 7.05 Å². The summed E-state index contributed by atoms with van der Waals surface area (Å²) in [6, 6.07) is 5.66. The van der Waals surface area contributed by atoms with Crippen molar-refractivity contribution in [2.75, 3.05) is 13.7 Å². The second-order valence-corrected chi connectivity index (χ2v) is 5.31. The molecule has 0 bridgehead atoms. The third-order valence-electron chi connectivity index (χ3n) is 3.21. The Labute approximate surface area is 140 Å². The molecule has 0 saturated heterocycles. The molecular formula is C17H19ClN2O3. The number of methoxy groups -OCH3 is 1. The van der Waals surface area contributed by atoms with Crippen molar-refractivity contribution in [1.82, 2.24) is 9.78 Å². The molecule has 1 aromatic heterocycles. The Kier molecular flexibility index (Phi) is 5.96. The zero-order valence-electron chi connectivity index (χ0n) is 13.4. The fourth-order valence-electron chi connectivity index (χ4n) is 2.10. The van der Waals surface area contributed by atoms with Gasteiger partial charge in [0.15, 0.2) is 5.69 Å². The first-order valence-electron chi connectivity index (χ1n) is 7.21. The van der Waals surface area contributed by atoms with Crippen LogP contribution in [0.2, 0.25) is 5.02 Å². The van der Waals surface area contributed by atoms with E-state index in [0.717, 1.165) is 16.9 Å². The molecule has 0 amide bonds. The lowest BCUT2D eigenvalue weighted by molar-refractivity contribution is 0.104. The summed E-state index contributed by atoms with van der Waals surface area (Å²) in [6.07, 6.45) is 4.78. The van der Waals surface area contributed by atoms with Crippen LogP contribution in [0.5, 0.6) is 5.75 Å². The number of ketones is 1. The molecule has 1 aromatic carbocycles. The number of carbonyl (C=O) groups excluding carboxylic acids is 1. The number of benzene rings is 1. The molecule has 0 aliphatic rings. The summed E-state index contributed by atoms with van der Waals surface area (Å²) in [5.74, 6) is 0.521. The van der Waals surface area contributed by atoms with E-state index in [1.807, 2.05) is 25.1 Å². The fourth-order valence-corrected chi connectivity index (χ4v) is 2.38. The summed E-state index contributed by atoms with van der Waals surface area (Å²) in [4.78, 5) is 12.1. The Morgan fingerprint density at radius 2 is 2.22 bits per heavy atom. The van der Waals surface area contributed by atoms with Crippen LogP contribution in [0.4, 0.5) is 0 Å². The second kappa shape index (κ2) is 7.94. The SMILES string of the molecule is CCOCc1cc(/C=C/C(=O)c2nn(C)cc2Cl)ccc1OC. The van der Waals surface area contributed by atoms with Crippen molar-refractivity contribution in [1.29, 1.82) is 0 Å². The van der Waals surface area contributed by atoms with Crippen LogP contribution in [-0.2, 0) is 18.4 Å². The third kappa shape index (κ3) is 4.43. The number of aryl methyl sites for hydroxylation is 1. The van der Waals surface area contributed by atoms with E-state index in [2.05, 4.69) is 5.10 Å². The molecule has 23 heavy (non-hydrogen) atoms. The molecule has 0 spiro atoms. The average molecular weight is 335 g/mol. The standard InChI is InChI=1S/C17H19ClN2O3/c1-4-23-11-13-9-12(6-8-16(13)22-3)5-7-15(21)17-14(18)10-20(2)19-17/h5-10H,4,11H2,1-3H3/b7-5+. The van der Waals surface area contributed by atoms with E-state index in [-0.39, 0.29) is 11.5 Å². The van der Waals surface area contributed by atoms with Gasteiger partial charge in [-0.3, -0.25) is 9.48 Å². The fraction of sp³-hybridized carbons (Fsp3) is 0.294. The van der Waals surface area contributed by atoms with E-state index >= 15 is 0 Å². The van der Waals surface area contributed by atoms with Crippen molar-refractivity contribution in [2.45, 2.75) is 13.5 Å². The van der Waals surface area contributed by atoms with Gasteiger partial charge in [0.25, 0.3) is 0 Å². The summed E-state index contributed by atoms with van der Waals surface area (Å²) < 4.78 is 12.2. The number of halogens is 1. The van der Waals surface area contributed by atoms with Gasteiger partial charge in [-0.2, -0.15) is 5.10 Å². The van der Waals surface area contributed by atoms with Crippen molar-refractivity contribution >= 4 is 23.5 Å². The Morgan fingerprint density at radius 3 is 2.83 bits per heavy atom. The maximum absolute atomic E-state index is 12.1. The molecule has 0 atom stereocenters. The molecule has 2 rings (SSSR count). The highest BCUT2D eigenvalue weighted by molar-refractivity contribution is 6.34. The molecular weight excluding hydrogens is 316 g/mol. The van der Waals surface area contributed by atoms with E-state index < -0.39 is 0 Å². The molecule has 0 N–H and O–H groups in total. The van der Waals surface area contributed by atoms with Gasteiger partial charge in [-0.15, -0.1) is 0 Å². The quantitative estimate of drug-likeness (QED) is 0.574. The van der Waals surface area contributed by atoms with E-state index in [1.54, 1.807) is 26.4 Å². The maximum Gasteiger partial charge on any atom is 0.207 e. The van der Waals surface area contributed by atoms with Gasteiger partial charge >= 0.3 is 0 Å². The topological polar surface area (TPSA) is 53.3 Å². The van der Waals surface area contributed by atoms with Crippen LogP contribution in [0.25, 0.3) is 6.08 Å². The molecule has 1 heterocycles. The molecule has 0 fully saturated rings. The number of nitrogens with zero attached hydrogens (tertiary/aromatic N) is 2. The molecule has 2 aromatic rings. The van der Waals surface area contributed by atoms with Gasteiger partial charge in [-0.05, 0) is 30.7 Å².